The van der Waals surface area contributed by atoms with Crippen LogP contribution >= 0.6 is 0 Å². The third kappa shape index (κ3) is 4.62. The number of nitrogens with one attached hydrogen (secondary N) is 1. The molecule has 0 spiro atoms. The van der Waals surface area contributed by atoms with Gasteiger partial charge in [-0.15, -0.1) is 0 Å². The lowest BCUT2D eigenvalue weighted by Crippen LogP contribution is -2.26. The number of carbonyl (C=O) groups excluding carboxylic acids is 1. The maximum atomic E-state index is 13.7. The van der Waals surface area contributed by atoms with E-state index in [4.69, 9.17) is 10.5 Å². The zero-order valence-electron chi connectivity index (χ0n) is 17.5. The average Bonchev–Trinajstić information content (AvgIpc) is 3.13. The van der Waals surface area contributed by atoms with Crippen LogP contribution in [0.4, 0.5) is 20.6 Å². The molecular formula is C25H20FN3O4. The first kappa shape index (κ1) is 21.8. The van der Waals surface area contributed by atoms with Gasteiger partial charge in [-0.3, -0.25) is 10.1 Å². The summed E-state index contributed by atoms with van der Waals surface area (Å²) in [6.07, 6.45) is -0.308. The van der Waals surface area contributed by atoms with Gasteiger partial charge < -0.3 is 15.8 Å². The number of nitrogens with two attached hydrogens (primary N) is 1. The third-order valence-electron chi connectivity index (χ3n) is 5.40. The van der Waals surface area contributed by atoms with Crippen LogP contribution in [-0.2, 0) is 4.74 Å². The number of nitrogens with zero attached hydrogens (tertiary/aromatic N) is 1. The summed E-state index contributed by atoms with van der Waals surface area (Å²) < 4.78 is 19.1. The fourth-order valence-corrected chi connectivity index (χ4v) is 3.87. The monoisotopic (exact) mass is 445 g/mol. The van der Waals surface area contributed by atoms with E-state index >= 15 is 0 Å². The first-order valence-corrected chi connectivity index (χ1v) is 10.3. The van der Waals surface area contributed by atoms with Gasteiger partial charge in [0, 0.05) is 30.5 Å². The van der Waals surface area contributed by atoms with Gasteiger partial charge in [-0.05, 0) is 28.3 Å². The molecule has 0 radical (unpaired) electrons. The van der Waals surface area contributed by atoms with Gasteiger partial charge in [0.15, 0.2) is 5.82 Å². The van der Waals surface area contributed by atoms with Crippen molar-refractivity contribution in [2.75, 3.05) is 18.9 Å². The number of benzene rings is 3. The molecule has 1 aliphatic rings. The molecule has 1 amide bonds. The van der Waals surface area contributed by atoms with Crippen LogP contribution in [0, 0.1) is 27.8 Å². The number of alkyl carbamates (subject to hydrolysis) is 1. The zero-order chi connectivity index (χ0) is 23.4. The second-order valence-electron chi connectivity index (χ2n) is 7.45. The van der Waals surface area contributed by atoms with E-state index in [2.05, 4.69) is 29.3 Å². The SMILES string of the molecule is Nc1c(F)cc(C#CCCNC(=O)OCC2c3ccccc3-c3ccccc32)cc1[N+](=O)[O-]. The van der Waals surface area contributed by atoms with Crippen LogP contribution in [0.1, 0.15) is 29.0 Å². The van der Waals surface area contributed by atoms with Gasteiger partial charge in [0.25, 0.3) is 5.69 Å². The minimum Gasteiger partial charge on any atom is -0.449 e. The van der Waals surface area contributed by atoms with E-state index in [9.17, 15) is 19.3 Å². The summed E-state index contributed by atoms with van der Waals surface area (Å²) in [7, 11) is 0. The number of hydrogen-bond donors (Lipinski definition) is 2. The highest BCUT2D eigenvalue weighted by Gasteiger charge is 2.28. The molecule has 0 atom stereocenters. The first-order chi connectivity index (χ1) is 16.0. The lowest BCUT2D eigenvalue weighted by atomic mass is 9.98. The molecule has 1 aliphatic carbocycles. The minimum atomic E-state index is -0.898. The molecule has 0 heterocycles. The summed E-state index contributed by atoms with van der Waals surface area (Å²) in [5.41, 5.74) is 8.99. The van der Waals surface area contributed by atoms with Gasteiger partial charge in [-0.1, -0.05) is 60.4 Å². The van der Waals surface area contributed by atoms with Gasteiger partial charge in [-0.2, -0.15) is 0 Å². The molecule has 0 saturated heterocycles. The maximum absolute atomic E-state index is 13.7. The van der Waals surface area contributed by atoms with Crippen molar-refractivity contribution in [1.29, 1.82) is 0 Å². The minimum absolute atomic E-state index is 0.0286. The van der Waals surface area contributed by atoms with Gasteiger partial charge >= 0.3 is 6.09 Å². The van der Waals surface area contributed by atoms with Crippen molar-refractivity contribution in [3.8, 4) is 23.0 Å². The van der Waals surface area contributed by atoms with Crippen molar-refractivity contribution >= 4 is 17.5 Å². The number of rotatable bonds is 5. The van der Waals surface area contributed by atoms with Crippen molar-refractivity contribution in [2.45, 2.75) is 12.3 Å². The molecule has 0 unspecified atom stereocenters. The predicted octanol–water partition coefficient (Wildman–Crippen LogP) is 4.60. The number of amides is 1. The topological polar surface area (TPSA) is 107 Å². The van der Waals surface area contributed by atoms with Crippen molar-refractivity contribution in [2.24, 2.45) is 0 Å². The molecule has 8 heteroatoms. The Morgan fingerprint density at radius 1 is 1.12 bits per heavy atom. The fourth-order valence-electron chi connectivity index (χ4n) is 3.87. The molecular weight excluding hydrogens is 425 g/mol. The number of fused-ring (bicyclic) bond motifs is 3. The van der Waals surface area contributed by atoms with Crippen molar-refractivity contribution in [3.05, 3.63) is 93.3 Å². The second-order valence-corrected chi connectivity index (χ2v) is 7.45. The Labute approximate surface area is 189 Å². The smallest absolute Gasteiger partial charge is 0.407 e. The molecule has 33 heavy (non-hydrogen) atoms. The number of carbonyl (C=O) groups is 1. The van der Waals surface area contributed by atoms with Crippen LogP contribution in [0.15, 0.2) is 60.7 Å². The van der Waals surface area contributed by atoms with E-state index in [0.717, 1.165) is 34.4 Å². The number of nitro benzene ring substituents is 1. The Morgan fingerprint density at radius 3 is 2.39 bits per heavy atom. The van der Waals surface area contributed by atoms with E-state index < -0.39 is 28.2 Å². The molecule has 0 aliphatic heterocycles. The molecule has 166 valence electrons. The number of ether oxygens (including phenoxy) is 1. The Morgan fingerprint density at radius 2 is 1.76 bits per heavy atom. The maximum Gasteiger partial charge on any atom is 0.407 e. The van der Waals surface area contributed by atoms with E-state index in [0.29, 0.717) is 0 Å². The first-order valence-electron chi connectivity index (χ1n) is 10.3. The van der Waals surface area contributed by atoms with Gasteiger partial charge in [0.05, 0.1) is 4.92 Å². The van der Waals surface area contributed by atoms with E-state index in [1.165, 1.54) is 0 Å². The van der Waals surface area contributed by atoms with E-state index in [-0.39, 0.29) is 31.1 Å². The largest absolute Gasteiger partial charge is 0.449 e. The summed E-state index contributed by atoms with van der Waals surface area (Å²) in [5, 5.41) is 13.5. The summed E-state index contributed by atoms with van der Waals surface area (Å²) in [4.78, 5) is 22.3. The van der Waals surface area contributed by atoms with Gasteiger partial charge in [-0.25, -0.2) is 9.18 Å². The van der Waals surface area contributed by atoms with Crippen LogP contribution in [0.3, 0.4) is 0 Å². The Hall–Kier alpha value is -4.38. The van der Waals surface area contributed by atoms with E-state index in [1.54, 1.807) is 0 Å². The molecule has 0 bridgehead atoms. The van der Waals surface area contributed by atoms with E-state index in [1.807, 2.05) is 36.4 Å². The lowest BCUT2D eigenvalue weighted by Gasteiger charge is -2.14. The Bertz CT molecular complexity index is 1250. The Balaban J connectivity index is 1.30. The van der Waals surface area contributed by atoms with Crippen LogP contribution in [0.25, 0.3) is 11.1 Å². The Kier molecular flexibility index (Phi) is 6.22. The standard InChI is InChI=1S/C25H20FN3O4/c26-22-13-16(14-23(24(22)27)29(31)32)7-5-6-12-28-25(30)33-15-21-19-10-3-1-8-17(19)18-9-2-4-11-20(18)21/h1-4,8-11,13-14,21H,6,12,15,27H2,(H,28,30). The normalized spacial score (nSPS) is 11.7. The number of nitrogen functional groups attached to an aromatic ring is 1. The molecule has 3 N–H and O–H groups in total. The van der Waals surface area contributed by atoms with Crippen LogP contribution in [-0.4, -0.2) is 24.2 Å². The van der Waals surface area contributed by atoms with Crippen molar-refractivity contribution in [3.63, 3.8) is 0 Å². The van der Waals surface area contributed by atoms with Gasteiger partial charge in [0.1, 0.15) is 12.3 Å². The molecule has 0 saturated carbocycles. The highest BCUT2D eigenvalue weighted by molar-refractivity contribution is 5.79. The number of nitro groups is 1. The number of anilines is 1. The predicted molar refractivity (Wildman–Crippen MR) is 122 cm³/mol. The van der Waals surface area contributed by atoms with Crippen LogP contribution in [0.2, 0.25) is 0 Å². The van der Waals surface area contributed by atoms with Crippen molar-refractivity contribution < 1.29 is 18.8 Å². The van der Waals surface area contributed by atoms with Gasteiger partial charge in [0.2, 0.25) is 0 Å². The third-order valence-corrected chi connectivity index (χ3v) is 5.40. The fraction of sp³-hybridized carbons (Fsp3) is 0.160. The quantitative estimate of drug-likeness (QED) is 0.196. The number of halogens is 1. The summed E-state index contributed by atoms with van der Waals surface area (Å²) in [6.45, 7) is 0.420. The summed E-state index contributed by atoms with van der Waals surface area (Å²) in [5.74, 6) is 4.45. The van der Waals surface area contributed by atoms with Crippen molar-refractivity contribution in [1.82, 2.24) is 5.32 Å². The van der Waals surface area contributed by atoms with Crippen LogP contribution < -0.4 is 11.1 Å². The molecule has 4 rings (SSSR count). The molecule has 3 aromatic carbocycles. The average molecular weight is 445 g/mol. The lowest BCUT2D eigenvalue weighted by molar-refractivity contribution is -0.384. The summed E-state index contributed by atoms with van der Waals surface area (Å²) in [6, 6.07) is 18.3. The number of hydrogen-bond acceptors (Lipinski definition) is 5. The highest BCUT2D eigenvalue weighted by Crippen LogP contribution is 2.44. The molecule has 7 nitrogen and oxygen atoms in total. The molecule has 0 aromatic heterocycles. The van der Waals surface area contributed by atoms with Crippen LogP contribution in [0.5, 0.6) is 0 Å². The highest BCUT2D eigenvalue weighted by atomic mass is 19.1. The molecule has 0 fully saturated rings. The second kappa shape index (κ2) is 9.40. The summed E-state index contributed by atoms with van der Waals surface area (Å²) >= 11 is 0. The molecule has 3 aromatic rings. The zero-order valence-corrected chi connectivity index (χ0v) is 17.5.